The number of ether oxygens (including phenoxy) is 1. The molecule has 1 saturated heterocycles. The van der Waals surface area contributed by atoms with Gasteiger partial charge in [0.2, 0.25) is 0 Å². The fraction of sp³-hybridized carbons (Fsp3) is 0.346. The fourth-order valence-corrected chi connectivity index (χ4v) is 6.09. The summed E-state index contributed by atoms with van der Waals surface area (Å²) in [5.74, 6) is 0.773. The summed E-state index contributed by atoms with van der Waals surface area (Å²) in [6.45, 7) is 3.34. The van der Waals surface area contributed by atoms with Crippen LogP contribution in [0.1, 0.15) is 29.4 Å². The number of likely N-dealkylation sites (tertiary alicyclic amines) is 1. The summed E-state index contributed by atoms with van der Waals surface area (Å²) in [7, 11) is 1.65. The van der Waals surface area contributed by atoms with Gasteiger partial charge in [-0.15, -0.1) is 11.3 Å². The number of fused-ring (bicyclic) bond motifs is 2. The molecule has 0 spiro atoms. The van der Waals surface area contributed by atoms with E-state index in [9.17, 15) is 5.11 Å². The molecule has 0 radical (unpaired) electrons. The molecule has 0 amide bonds. The average molecular weight is 482 g/mol. The Kier molecular flexibility index (Phi) is 6.81. The van der Waals surface area contributed by atoms with E-state index in [1.54, 1.807) is 24.6 Å². The Morgan fingerprint density at radius 1 is 1.18 bits per heavy atom. The van der Waals surface area contributed by atoms with Crippen molar-refractivity contribution in [3.8, 4) is 5.75 Å². The molecular weight excluding hydrogens is 454 g/mol. The number of β-amino-alcohol motifs (C(OH)–C–C–N with tert-alkyl or cyclic N) is 1. The van der Waals surface area contributed by atoms with Crippen LogP contribution in [0.4, 0.5) is 0 Å². The van der Waals surface area contributed by atoms with Crippen LogP contribution in [-0.2, 0) is 6.54 Å². The van der Waals surface area contributed by atoms with Gasteiger partial charge in [-0.3, -0.25) is 4.98 Å². The normalized spacial score (nSPS) is 16.5. The van der Waals surface area contributed by atoms with Crippen LogP contribution < -0.4 is 10.1 Å². The monoisotopic (exact) mass is 481 g/mol. The molecule has 2 N–H and O–H groups in total. The van der Waals surface area contributed by atoms with Gasteiger partial charge in [-0.1, -0.05) is 29.8 Å². The number of benzene rings is 2. The molecule has 5 nitrogen and oxygen atoms in total. The van der Waals surface area contributed by atoms with Crippen molar-refractivity contribution in [2.24, 2.45) is 0 Å². The second-order valence-corrected chi connectivity index (χ2v) is 10.1. The van der Waals surface area contributed by atoms with Gasteiger partial charge in [0.15, 0.2) is 0 Å². The third kappa shape index (κ3) is 4.86. The smallest absolute Gasteiger partial charge is 0.119 e. The Morgan fingerprint density at radius 3 is 2.79 bits per heavy atom. The molecule has 5 rings (SSSR count). The lowest BCUT2D eigenvalue weighted by Gasteiger charge is -2.33. The summed E-state index contributed by atoms with van der Waals surface area (Å²) in [4.78, 5) is 7.98. The highest BCUT2D eigenvalue weighted by atomic mass is 35.5. The number of halogens is 1. The molecule has 4 aromatic rings. The standard InChI is InChI=1S/C26H28ClN3O2S/c1-32-18-6-7-22-21(14-18)19(8-11-28-22)23(31)16-30-12-9-17(10-13-30)29-15-25-26(27)20-4-2-3-5-24(20)33-25/h2-8,11,14,17,23,29,31H,9-10,12-13,15-16H2,1H3. The summed E-state index contributed by atoms with van der Waals surface area (Å²) in [6.07, 6.45) is 3.31. The first-order valence-electron chi connectivity index (χ1n) is 11.3. The SMILES string of the molecule is COc1ccc2nccc(C(O)CN3CCC(NCc4sc5ccccc5c4Cl)CC3)c2c1. The molecule has 7 heteroatoms. The van der Waals surface area contributed by atoms with Crippen molar-refractivity contribution in [2.75, 3.05) is 26.7 Å². The zero-order chi connectivity index (χ0) is 22.8. The van der Waals surface area contributed by atoms with Gasteiger partial charge in [0, 0.05) is 45.7 Å². The highest BCUT2D eigenvalue weighted by molar-refractivity contribution is 7.19. The topological polar surface area (TPSA) is 57.6 Å². The Labute approximate surface area is 203 Å². The maximum atomic E-state index is 11.0. The highest BCUT2D eigenvalue weighted by Gasteiger charge is 2.23. The van der Waals surface area contributed by atoms with Crippen LogP contribution in [0.2, 0.25) is 5.02 Å². The lowest BCUT2D eigenvalue weighted by Crippen LogP contribution is -2.43. The summed E-state index contributed by atoms with van der Waals surface area (Å²) >= 11 is 8.37. The number of pyridine rings is 1. The van der Waals surface area contributed by atoms with Crippen LogP contribution in [-0.4, -0.2) is 47.8 Å². The summed E-state index contributed by atoms with van der Waals surface area (Å²) < 4.78 is 6.60. The molecule has 2 aromatic carbocycles. The molecule has 1 aliphatic heterocycles. The van der Waals surface area contributed by atoms with Gasteiger partial charge in [0.25, 0.3) is 0 Å². The molecule has 2 aromatic heterocycles. The van der Waals surface area contributed by atoms with Crippen molar-refractivity contribution >= 4 is 43.9 Å². The lowest BCUT2D eigenvalue weighted by atomic mass is 10.0. The number of aliphatic hydroxyl groups is 1. The quantitative estimate of drug-likeness (QED) is 0.370. The molecule has 1 aliphatic rings. The molecule has 1 unspecified atom stereocenters. The summed E-state index contributed by atoms with van der Waals surface area (Å²) in [5.41, 5.74) is 1.77. The number of nitrogens with zero attached hydrogens (tertiary/aromatic N) is 2. The largest absolute Gasteiger partial charge is 0.497 e. The van der Waals surface area contributed by atoms with Gasteiger partial charge in [-0.05, 0) is 61.8 Å². The number of thiophene rings is 1. The van der Waals surface area contributed by atoms with Gasteiger partial charge >= 0.3 is 0 Å². The number of rotatable bonds is 7. The number of nitrogens with one attached hydrogen (secondary N) is 1. The van der Waals surface area contributed by atoms with E-state index in [4.69, 9.17) is 16.3 Å². The van der Waals surface area contributed by atoms with Crippen LogP contribution in [0.15, 0.2) is 54.7 Å². The molecule has 0 aliphatic carbocycles. The minimum Gasteiger partial charge on any atom is -0.497 e. The minimum absolute atomic E-state index is 0.464. The number of piperidine rings is 1. The van der Waals surface area contributed by atoms with E-state index >= 15 is 0 Å². The molecule has 33 heavy (non-hydrogen) atoms. The Balaban J connectivity index is 1.17. The van der Waals surface area contributed by atoms with Gasteiger partial charge in [0.1, 0.15) is 5.75 Å². The maximum absolute atomic E-state index is 11.0. The fourth-order valence-electron chi connectivity index (χ4n) is 4.64. The number of methoxy groups -OCH3 is 1. The van der Waals surface area contributed by atoms with E-state index in [0.717, 1.165) is 65.1 Å². The predicted molar refractivity (Wildman–Crippen MR) is 136 cm³/mol. The van der Waals surface area contributed by atoms with E-state index in [1.807, 2.05) is 30.3 Å². The first-order valence-corrected chi connectivity index (χ1v) is 12.5. The zero-order valence-electron chi connectivity index (χ0n) is 18.6. The highest BCUT2D eigenvalue weighted by Crippen LogP contribution is 2.35. The molecule has 172 valence electrons. The third-order valence-electron chi connectivity index (χ3n) is 6.51. The number of aromatic nitrogens is 1. The Morgan fingerprint density at radius 2 is 2.00 bits per heavy atom. The van der Waals surface area contributed by atoms with Crippen LogP contribution in [0.3, 0.4) is 0 Å². The van der Waals surface area contributed by atoms with Crippen LogP contribution in [0, 0.1) is 0 Å². The molecule has 0 bridgehead atoms. The van der Waals surface area contributed by atoms with E-state index in [-0.39, 0.29) is 0 Å². The van der Waals surface area contributed by atoms with Crippen molar-refractivity contribution in [3.05, 3.63) is 70.2 Å². The van der Waals surface area contributed by atoms with Crippen LogP contribution in [0.25, 0.3) is 21.0 Å². The maximum Gasteiger partial charge on any atom is 0.119 e. The number of hydrogen-bond acceptors (Lipinski definition) is 6. The van der Waals surface area contributed by atoms with E-state index in [1.165, 1.54) is 9.58 Å². The van der Waals surface area contributed by atoms with Crippen LogP contribution in [0.5, 0.6) is 5.75 Å². The molecule has 3 heterocycles. The van der Waals surface area contributed by atoms with Crippen molar-refractivity contribution in [3.63, 3.8) is 0 Å². The first-order chi connectivity index (χ1) is 16.1. The van der Waals surface area contributed by atoms with Crippen LogP contribution >= 0.6 is 22.9 Å². The minimum atomic E-state index is -0.565. The summed E-state index contributed by atoms with van der Waals surface area (Å²) in [5, 5.41) is 17.7. The predicted octanol–water partition coefficient (Wildman–Crippen LogP) is 5.40. The van der Waals surface area contributed by atoms with E-state index in [0.29, 0.717) is 12.6 Å². The number of hydrogen-bond donors (Lipinski definition) is 2. The second kappa shape index (κ2) is 9.95. The van der Waals surface area contributed by atoms with Crippen molar-refractivity contribution in [1.29, 1.82) is 0 Å². The Bertz CT molecular complexity index is 1250. The van der Waals surface area contributed by atoms with Crippen molar-refractivity contribution in [2.45, 2.75) is 31.5 Å². The van der Waals surface area contributed by atoms with Gasteiger partial charge in [0.05, 0.1) is 23.8 Å². The first kappa shape index (κ1) is 22.6. The van der Waals surface area contributed by atoms with Gasteiger partial charge in [-0.2, -0.15) is 0 Å². The molecule has 1 atom stereocenters. The van der Waals surface area contributed by atoms with Crippen molar-refractivity contribution < 1.29 is 9.84 Å². The lowest BCUT2D eigenvalue weighted by molar-refractivity contribution is 0.0949. The average Bonchev–Trinajstić information content (AvgIpc) is 3.18. The second-order valence-electron chi connectivity index (χ2n) is 8.59. The molecular formula is C26H28ClN3O2S. The number of aliphatic hydroxyl groups excluding tert-OH is 1. The van der Waals surface area contributed by atoms with E-state index < -0.39 is 6.10 Å². The molecule has 1 fully saturated rings. The van der Waals surface area contributed by atoms with E-state index in [2.05, 4.69) is 33.4 Å². The van der Waals surface area contributed by atoms with Crippen molar-refractivity contribution in [1.82, 2.24) is 15.2 Å². The zero-order valence-corrected chi connectivity index (χ0v) is 20.2. The Hall–Kier alpha value is -2.22. The van der Waals surface area contributed by atoms with Gasteiger partial charge < -0.3 is 20.1 Å². The third-order valence-corrected chi connectivity index (χ3v) is 8.23. The summed E-state index contributed by atoms with van der Waals surface area (Å²) in [6, 6.07) is 16.5. The molecule has 0 saturated carbocycles. The van der Waals surface area contributed by atoms with Gasteiger partial charge in [-0.25, -0.2) is 0 Å².